The standard InChI is InChI=1S/C6H11IN2/c1-9(6-4-8)5-2-3-7/h2-3,5-6H2,1H3. The van der Waals surface area contributed by atoms with Crippen LogP contribution in [0.15, 0.2) is 0 Å². The molecule has 3 heteroatoms. The smallest absolute Gasteiger partial charge is 0.0863 e. The van der Waals surface area contributed by atoms with Gasteiger partial charge in [-0.25, -0.2) is 0 Å². The van der Waals surface area contributed by atoms with Crippen molar-refractivity contribution in [2.45, 2.75) is 6.42 Å². The van der Waals surface area contributed by atoms with Crippen LogP contribution >= 0.6 is 22.6 Å². The van der Waals surface area contributed by atoms with Crippen molar-refractivity contribution in [3.8, 4) is 6.07 Å². The molecule has 0 aromatic carbocycles. The minimum atomic E-state index is 0.552. The molecule has 0 amide bonds. The van der Waals surface area contributed by atoms with E-state index in [4.69, 9.17) is 5.26 Å². The molecule has 9 heavy (non-hydrogen) atoms. The van der Waals surface area contributed by atoms with Gasteiger partial charge in [-0.2, -0.15) is 5.26 Å². The summed E-state index contributed by atoms with van der Waals surface area (Å²) in [6.07, 6.45) is 1.18. The zero-order chi connectivity index (χ0) is 7.11. The van der Waals surface area contributed by atoms with Crippen molar-refractivity contribution in [1.29, 1.82) is 5.26 Å². The molecule has 0 aliphatic rings. The van der Waals surface area contributed by atoms with Crippen LogP contribution in [0.5, 0.6) is 0 Å². The zero-order valence-corrected chi connectivity index (χ0v) is 7.76. The van der Waals surface area contributed by atoms with Gasteiger partial charge in [-0.3, -0.25) is 4.90 Å². The summed E-state index contributed by atoms with van der Waals surface area (Å²) in [5.74, 6) is 0. The van der Waals surface area contributed by atoms with E-state index in [-0.39, 0.29) is 0 Å². The summed E-state index contributed by atoms with van der Waals surface area (Å²) >= 11 is 2.34. The highest BCUT2D eigenvalue weighted by molar-refractivity contribution is 14.1. The van der Waals surface area contributed by atoms with Gasteiger partial charge < -0.3 is 0 Å². The van der Waals surface area contributed by atoms with Gasteiger partial charge in [0.05, 0.1) is 12.6 Å². The van der Waals surface area contributed by atoms with Gasteiger partial charge in [-0.1, -0.05) is 22.6 Å². The van der Waals surface area contributed by atoms with Crippen LogP contribution in [0.1, 0.15) is 6.42 Å². The van der Waals surface area contributed by atoms with E-state index >= 15 is 0 Å². The second-order valence-electron chi connectivity index (χ2n) is 1.94. The summed E-state index contributed by atoms with van der Waals surface area (Å²) < 4.78 is 1.17. The van der Waals surface area contributed by atoms with Crippen LogP contribution in [0.4, 0.5) is 0 Å². The van der Waals surface area contributed by atoms with Crippen molar-refractivity contribution in [2.24, 2.45) is 0 Å². The Morgan fingerprint density at radius 2 is 2.33 bits per heavy atom. The Hall–Kier alpha value is 0.180. The number of rotatable bonds is 4. The lowest BCUT2D eigenvalue weighted by Gasteiger charge is -2.09. The molecular weight excluding hydrogens is 227 g/mol. The second-order valence-corrected chi connectivity index (χ2v) is 3.02. The highest BCUT2D eigenvalue weighted by atomic mass is 127. The number of hydrogen-bond acceptors (Lipinski definition) is 2. The molecule has 0 aromatic rings. The molecule has 0 rings (SSSR count). The number of nitrogens with zero attached hydrogens (tertiary/aromatic N) is 2. The molecule has 0 saturated carbocycles. The molecule has 0 heterocycles. The average Bonchev–Trinajstić information content (AvgIpc) is 1.85. The third-order valence-electron chi connectivity index (χ3n) is 1.01. The Balaban J connectivity index is 3.08. The molecule has 0 N–H and O–H groups in total. The van der Waals surface area contributed by atoms with Crippen molar-refractivity contribution in [3.05, 3.63) is 0 Å². The largest absolute Gasteiger partial charge is 0.294 e. The predicted octanol–water partition coefficient (Wildman–Crippen LogP) is 1.27. The summed E-state index contributed by atoms with van der Waals surface area (Å²) in [5.41, 5.74) is 0. The lowest BCUT2D eigenvalue weighted by molar-refractivity contribution is 0.377. The fraction of sp³-hybridized carbons (Fsp3) is 0.833. The molecule has 2 nitrogen and oxygen atoms in total. The van der Waals surface area contributed by atoms with Crippen LogP contribution in [-0.2, 0) is 0 Å². The molecule has 0 radical (unpaired) electrons. The maximum Gasteiger partial charge on any atom is 0.0863 e. The Bertz CT molecular complexity index is 97.7. The monoisotopic (exact) mass is 238 g/mol. The maximum atomic E-state index is 8.24. The van der Waals surface area contributed by atoms with Gasteiger partial charge in [0, 0.05) is 4.43 Å². The highest BCUT2D eigenvalue weighted by Crippen LogP contribution is 1.90. The van der Waals surface area contributed by atoms with E-state index < -0.39 is 0 Å². The van der Waals surface area contributed by atoms with Crippen LogP contribution in [0.3, 0.4) is 0 Å². The first-order valence-corrected chi connectivity index (χ1v) is 4.45. The molecule has 0 unspecified atom stereocenters. The van der Waals surface area contributed by atoms with Crippen molar-refractivity contribution >= 4 is 22.6 Å². The summed E-state index contributed by atoms with van der Waals surface area (Å²) in [7, 11) is 1.97. The maximum absolute atomic E-state index is 8.24. The quantitative estimate of drug-likeness (QED) is 0.419. The first-order valence-electron chi connectivity index (χ1n) is 2.92. The fourth-order valence-corrected chi connectivity index (χ4v) is 0.871. The third-order valence-corrected chi connectivity index (χ3v) is 1.78. The summed E-state index contributed by atoms with van der Waals surface area (Å²) in [6.45, 7) is 1.59. The van der Waals surface area contributed by atoms with Crippen LogP contribution in [0, 0.1) is 11.3 Å². The van der Waals surface area contributed by atoms with Crippen LogP contribution in [-0.4, -0.2) is 29.5 Å². The topological polar surface area (TPSA) is 27.0 Å². The van der Waals surface area contributed by atoms with E-state index in [1.807, 2.05) is 11.9 Å². The molecule has 52 valence electrons. The summed E-state index contributed by atoms with van der Waals surface area (Å²) in [6, 6.07) is 2.10. The predicted molar refractivity (Wildman–Crippen MR) is 46.6 cm³/mol. The molecule has 0 bridgehead atoms. The van der Waals surface area contributed by atoms with Crippen LogP contribution in [0.25, 0.3) is 0 Å². The fourth-order valence-electron chi connectivity index (χ4n) is 0.529. The van der Waals surface area contributed by atoms with Gasteiger partial charge in [0.2, 0.25) is 0 Å². The van der Waals surface area contributed by atoms with Crippen molar-refractivity contribution in [3.63, 3.8) is 0 Å². The van der Waals surface area contributed by atoms with Crippen LogP contribution in [0.2, 0.25) is 0 Å². The van der Waals surface area contributed by atoms with E-state index in [0.717, 1.165) is 6.54 Å². The first-order chi connectivity index (χ1) is 4.31. The Morgan fingerprint density at radius 1 is 1.67 bits per heavy atom. The van der Waals surface area contributed by atoms with Crippen molar-refractivity contribution < 1.29 is 0 Å². The average molecular weight is 238 g/mol. The van der Waals surface area contributed by atoms with E-state index in [0.29, 0.717) is 6.54 Å². The number of nitriles is 1. The minimum Gasteiger partial charge on any atom is -0.294 e. The molecule has 0 aliphatic carbocycles. The van der Waals surface area contributed by atoms with Gasteiger partial charge in [0.25, 0.3) is 0 Å². The first kappa shape index (κ1) is 9.18. The molecule has 0 aliphatic heterocycles. The Morgan fingerprint density at radius 3 is 2.78 bits per heavy atom. The second kappa shape index (κ2) is 6.30. The van der Waals surface area contributed by atoms with Gasteiger partial charge in [-0.15, -0.1) is 0 Å². The van der Waals surface area contributed by atoms with Gasteiger partial charge in [0.15, 0.2) is 0 Å². The Kier molecular flexibility index (Phi) is 6.43. The number of alkyl halides is 1. The third kappa shape index (κ3) is 6.06. The lowest BCUT2D eigenvalue weighted by atomic mass is 10.4. The van der Waals surface area contributed by atoms with Crippen LogP contribution < -0.4 is 0 Å². The van der Waals surface area contributed by atoms with E-state index in [9.17, 15) is 0 Å². The van der Waals surface area contributed by atoms with E-state index in [1.54, 1.807) is 0 Å². The lowest BCUT2D eigenvalue weighted by Crippen LogP contribution is -2.19. The molecule has 0 fully saturated rings. The van der Waals surface area contributed by atoms with E-state index in [2.05, 4.69) is 28.7 Å². The minimum absolute atomic E-state index is 0.552. The van der Waals surface area contributed by atoms with Gasteiger partial charge in [-0.05, 0) is 20.0 Å². The SMILES string of the molecule is CN(CC#N)CCCI. The molecule has 0 aromatic heterocycles. The molecule has 0 atom stereocenters. The summed E-state index contributed by atoms with van der Waals surface area (Å²) in [5, 5.41) is 8.24. The molecule has 0 saturated heterocycles. The van der Waals surface area contributed by atoms with E-state index in [1.165, 1.54) is 10.8 Å². The zero-order valence-electron chi connectivity index (χ0n) is 5.60. The molecule has 0 spiro atoms. The van der Waals surface area contributed by atoms with Gasteiger partial charge in [0.1, 0.15) is 0 Å². The number of hydrogen-bond donors (Lipinski definition) is 0. The normalized spacial score (nSPS) is 9.56. The highest BCUT2D eigenvalue weighted by Gasteiger charge is 1.93. The number of halogens is 1. The molecular formula is C6H11IN2. The summed E-state index contributed by atoms with van der Waals surface area (Å²) in [4.78, 5) is 2.03. The van der Waals surface area contributed by atoms with Crippen molar-refractivity contribution in [1.82, 2.24) is 4.90 Å². The van der Waals surface area contributed by atoms with Gasteiger partial charge >= 0.3 is 0 Å². The Labute approximate surface area is 70.0 Å². The van der Waals surface area contributed by atoms with Crippen molar-refractivity contribution in [2.75, 3.05) is 24.6 Å².